The normalized spacial score (nSPS) is 11.5. The molecule has 1 aromatic heterocycles. The van der Waals surface area contributed by atoms with Gasteiger partial charge in [-0.1, -0.05) is 50.9 Å². The predicted molar refractivity (Wildman–Crippen MR) is 95.8 cm³/mol. The maximum atomic E-state index is 9.61. The highest BCUT2D eigenvalue weighted by atomic mass is 79.9. The summed E-state index contributed by atoms with van der Waals surface area (Å²) < 4.78 is 11.2. The Kier molecular flexibility index (Phi) is 4.87. The number of phenols is 1. The smallest absolute Gasteiger partial charge is 0.269 e. The number of hydrogen-bond donors (Lipinski definition) is 1. The van der Waals surface area contributed by atoms with Crippen LogP contribution in [0.2, 0.25) is 0 Å². The van der Waals surface area contributed by atoms with Gasteiger partial charge in [-0.05, 0) is 35.9 Å². The van der Waals surface area contributed by atoms with Crippen molar-refractivity contribution in [2.45, 2.75) is 0 Å². The van der Waals surface area contributed by atoms with Crippen molar-refractivity contribution in [2.24, 2.45) is 0 Å². The largest absolute Gasteiger partial charge is 0.504 e. The number of phenolic OH excluding ortho intramolecular Hbond substituents is 1. The number of benzene rings is 2. The quantitative estimate of drug-likeness (QED) is 0.663. The lowest BCUT2D eigenvalue weighted by molar-refractivity contribution is 0.373. The lowest BCUT2D eigenvalue weighted by Gasteiger charge is -2.03. The van der Waals surface area contributed by atoms with Gasteiger partial charge in [-0.15, -0.1) is 0 Å². The van der Waals surface area contributed by atoms with E-state index in [9.17, 15) is 5.11 Å². The number of halogens is 2. The van der Waals surface area contributed by atoms with E-state index in [2.05, 4.69) is 26.1 Å². The first-order valence-electron chi connectivity index (χ1n) is 6.91. The average Bonchev–Trinajstić information content (AvgIpc) is 3.07. The van der Waals surface area contributed by atoms with E-state index >= 15 is 0 Å². The number of hydrogen-bond acceptors (Lipinski definition) is 5. The first-order valence-corrected chi connectivity index (χ1v) is 8.08. The van der Waals surface area contributed by atoms with Crippen molar-refractivity contribution in [1.82, 2.24) is 10.1 Å². The molecule has 0 radical (unpaired) electrons. The van der Waals surface area contributed by atoms with Crippen molar-refractivity contribution in [2.75, 3.05) is 7.11 Å². The molecule has 0 fully saturated rings. The van der Waals surface area contributed by atoms with Crippen molar-refractivity contribution in [1.29, 1.82) is 0 Å². The lowest BCUT2D eigenvalue weighted by atomic mass is 10.2. The third-order valence-electron chi connectivity index (χ3n) is 3.21. The Hall–Kier alpha value is -2.31. The molecule has 1 heterocycles. The van der Waals surface area contributed by atoms with Crippen LogP contribution in [0.25, 0.3) is 22.5 Å². The molecular formula is C17H12BrClN2O3. The fraction of sp³-hybridized carbons (Fsp3) is 0.0588. The van der Waals surface area contributed by atoms with E-state index in [1.54, 1.807) is 18.2 Å². The summed E-state index contributed by atoms with van der Waals surface area (Å²) >= 11 is 9.66. The zero-order valence-corrected chi connectivity index (χ0v) is 14.9. The van der Waals surface area contributed by atoms with Crippen LogP contribution >= 0.6 is 27.5 Å². The minimum atomic E-state index is 0.0560. The summed E-state index contributed by atoms with van der Waals surface area (Å²) in [5.74, 6) is 1.06. The summed E-state index contributed by atoms with van der Waals surface area (Å²) in [5.41, 5.74) is 1.55. The van der Waals surface area contributed by atoms with E-state index < -0.39 is 0 Å². The Morgan fingerprint density at radius 3 is 2.88 bits per heavy atom. The molecule has 1 N–H and O–H groups in total. The second-order valence-electron chi connectivity index (χ2n) is 4.86. The molecule has 0 saturated carbocycles. The number of aromatic hydroxyl groups is 1. The summed E-state index contributed by atoms with van der Waals surface area (Å²) in [6.07, 6.45) is 1.65. The Balaban J connectivity index is 1.89. The average molecular weight is 408 g/mol. The number of nitrogens with zero attached hydrogens (tertiary/aromatic N) is 2. The molecule has 0 unspecified atom stereocenters. The van der Waals surface area contributed by atoms with Crippen molar-refractivity contribution in [3.63, 3.8) is 0 Å². The van der Waals surface area contributed by atoms with Crippen LogP contribution in [0.5, 0.6) is 11.5 Å². The van der Waals surface area contributed by atoms with Gasteiger partial charge in [-0.3, -0.25) is 0 Å². The topological polar surface area (TPSA) is 68.4 Å². The molecule has 0 bridgehead atoms. The van der Waals surface area contributed by atoms with E-state index in [-0.39, 0.29) is 16.7 Å². The maximum absolute atomic E-state index is 9.61. The summed E-state index contributed by atoms with van der Waals surface area (Å²) in [4.78, 5) is 4.30. The molecule has 0 aliphatic carbocycles. The van der Waals surface area contributed by atoms with E-state index in [1.165, 1.54) is 13.2 Å². The van der Waals surface area contributed by atoms with Crippen molar-refractivity contribution in [3.8, 4) is 22.9 Å². The molecule has 5 nitrogen and oxygen atoms in total. The summed E-state index contributed by atoms with van der Waals surface area (Å²) in [5, 5.41) is 13.8. The van der Waals surface area contributed by atoms with Crippen LogP contribution in [0, 0.1) is 0 Å². The fourth-order valence-corrected chi connectivity index (χ4v) is 2.66. The van der Waals surface area contributed by atoms with Gasteiger partial charge in [-0.2, -0.15) is 4.98 Å². The van der Waals surface area contributed by atoms with Crippen molar-refractivity contribution >= 4 is 38.6 Å². The molecule has 2 aromatic carbocycles. The number of rotatable bonds is 4. The maximum Gasteiger partial charge on any atom is 0.269 e. The molecule has 3 rings (SSSR count). The second kappa shape index (κ2) is 7.07. The highest BCUT2D eigenvalue weighted by molar-refractivity contribution is 9.10. The van der Waals surface area contributed by atoms with Crippen LogP contribution in [0.1, 0.15) is 11.5 Å². The van der Waals surface area contributed by atoms with E-state index in [4.69, 9.17) is 20.9 Å². The SMILES string of the molecule is COc1cc(/C=C(\Cl)c2nc(-c3cccc(Br)c3)no2)ccc1O. The molecule has 0 aliphatic rings. The van der Waals surface area contributed by atoms with Crippen LogP contribution < -0.4 is 4.74 Å². The number of ether oxygens (including phenoxy) is 1. The zero-order valence-electron chi connectivity index (χ0n) is 12.5. The van der Waals surface area contributed by atoms with Gasteiger partial charge in [0, 0.05) is 10.0 Å². The molecule has 7 heteroatoms. The van der Waals surface area contributed by atoms with Gasteiger partial charge in [0.15, 0.2) is 11.5 Å². The highest BCUT2D eigenvalue weighted by Crippen LogP contribution is 2.30. The molecule has 24 heavy (non-hydrogen) atoms. The Bertz CT molecular complexity index is 908. The fourth-order valence-electron chi connectivity index (χ4n) is 2.06. The third kappa shape index (κ3) is 3.60. The first kappa shape index (κ1) is 16.5. The van der Waals surface area contributed by atoms with Crippen LogP contribution in [-0.2, 0) is 0 Å². The Labute approximate surface area is 151 Å². The van der Waals surface area contributed by atoms with Gasteiger partial charge in [0.1, 0.15) is 5.03 Å². The van der Waals surface area contributed by atoms with Crippen molar-refractivity contribution in [3.05, 3.63) is 58.4 Å². The van der Waals surface area contributed by atoms with Crippen LogP contribution in [0.15, 0.2) is 51.5 Å². The third-order valence-corrected chi connectivity index (χ3v) is 3.97. The molecule has 0 atom stereocenters. The van der Waals surface area contributed by atoms with Gasteiger partial charge in [0.25, 0.3) is 5.89 Å². The predicted octanol–water partition coefficient (Wildman–Crippen LogP) is 4.95. The van der Waals surface area contributed by atoms with Crippen LogP contribution in [0.4, 0.5) is 0 Å². The molecule has 0 spiro atoms. The molecule has 3 aromatic rings. The van der Waals surface area contributed by atoms with Crippen LogP contribution in [-0.4, -0.2) is 22.4 Å². The van der Waals surface area contributed by atoms with E-state index in [0.717, 1.165) is 15.6 Å². The second-order valence-corrected chi connectivity index (χ2v) is 6.18. The first-order chi connectivity index (χ1) is 11.6. The Morgan fingerprint density at radius 1 is 1.29 bits per heavy atom. The van der Waals surface area contributed by atoms with Gasteiger partial charge >= 0.3 is 0 Å². The van der Waals surface area contributed by atoms with Crippen molar-refractivity contribution < 1.29 is 14.4 Å². The summed E-state index contributed by atoms with van der Waals surface area (Å²) in [6, 6.07) is 12.4. The standard InChI is InChI=1S/C17H12BrClN2O3/c1-23-15-8-10(5-6-14(15)22)7-13(19)17-20-16(21-24-17)11-3-2-4-12(18)9-11/h2-9,22H,1H3/b13-7-. The Morgan fingerprint density at radius 2 is 2.12 bits per heavy atom. The van der Waals surface area contributed by atoms with E-state index in [0.29, 0.717) is 11.6 Å². The summed E-state index contributed by atoms with van der Waals surface area (Å²) in [7, 11) is 1.48. The molecular weight excluding hydrogens is 396 g/mol. The molecule has 0 aliphatic heterocycles. The highest BCUT2D eigenvalue weighted by Gasteiger charge is 2.12. The summed E-state index contributed by atoms with van der Waals surface area (Å²) in [6.45, 7) is 0. The molecule has 0 amide bonds. The lowest BCUT2D eigenvalue weighted by Crippen LogP contribution is -1.85. The minimum absolute atomic E-state index is 0.0560. The zero-order chi connectivity index (χ0) is 17.1. The monoisotopic (exact) mass is 406 g/mol. The van der Waals surface area contributed by atoms with Gasteiger partial charge in [-0.25, -0.2) is 0 Å². The van der Waals surface area contributed by atoms with Gasteiger partial charge in [0.2, 0.25) is 5.82 Å². The van der Waals surface area contributed by atoms with E-state index in [1.807, 2.05) is 24.3 Å². The molecule has 122 valence electrons. The van der Waals surface area contributed by atoms with Gasteiger partial charge < -0.3 is 14.4 Å². The number of aromatic nitrogens is 2. The minimum Gasteiger partial charge on any atom is -0.504 e. The van der Waals surface area contributed by atoms with Crippen LogP contribution in [0.3, 0.4) is 0 Å². The van der Waals surface area contributed by atoms with Gasteiger partial charge in [0.05, 0.1) is 7.11 Å². The molecule has 0 saturated heterocycles. The number of methoxy groups -OCH3 is 1.